The van der Waals surface area contributed by atoms with E-state index in [2.05, 4.69) is 20.6 Å². The number of nitrogens with one attached hydrogen (secondary N) is 2. The largest absolute Gasteiger partial charge is 0.388 e. The molecule has 0 aromatic carbocycles. The summed E-state index contributed by atoms with van der Waals surface area (Å²) in [5.74, 6) is 1.43. The van der Waals surface area contributed by atoms with Crippen molar-refractivity contribution in [2.45, 2.75) is 38.7 Å². The summed E-state index contributed by atoms with van der Waals surface area (Å²) in [7, 11) is 0. The third-order valence-corrected chi connectivity index (χ3v) is 3.18. The van der Waals surface area contributed by atoms with Crippen LogP contribution in [0.3, 0.4) is 0 Å². The molecule has 5 nitrogen and oxygen atoms in total. The number of aliphatic hydroxyl groups is 1. The van der Waals surface area contributed by atoms with Crippen LogP contribution in [0, 0.1) is 6.92 Å². The SMILES string of the molecule is CCNc1ncc(C)c(NCC2(O)CCC2)n1. The maximum atomic E-state index is 10.0. The van der Waals surface area contributed by atoms with Crippen molar-refractivity contribution in [3.05, 3.63) is 11.8 Å². The van der Waals surface area contributed by atoms with Crippen molar-refractivity contribution in [3.8, 4) is 0 Å². The molecule has 0 atom stereocenters. The molecule has 0 saturated heterocycles. The molecule has 0 radical (unpaired) electrons. The van der Waals surface area contributed by atoms with Crippen LogP contribution in [0.1, 0.15) is 31.7 Å². The summed E-state index contributed by atoms with van der Waals surface area (Å²) >= 11 is 0. The maximum absolute atomic E-state index is 10.0. The van der Waals surface area contributed by atoms with Gasteiger partial charge in [-0.1, -0.05) is 0 Å². The van der Waals surface area contributed by atoms with Gasteiger partial charge in [-0.25, -0.2) is 4.98 Å². The Hall–Kier alpha value is -1.36. The molecule has 1 fully saturated rings. The van der Waals surface area contributed by atoms with E-state index in [0.717, 1.165) is 37.2 Å². The second kappa shape index (κ2) is 4.87. The lowest BCUT2D eigenvalue weighted by Gasteiger charge is -2.36. The zero-order valence-electron chi connectivity index (χ0n) is 10.5. The highest BCUT2D eigenvalue weighted by Gasteiger charge is 2.34. The van der Waals surface area contributed by atoms with E-state index in [1.54, 1.807) is 6.20 Å². The molecular weight excluding hydrogens is 216 g/mol. The van der Waals surface area contributed by atoms with E-state index in [1.807, 2.05) is 13.8 Å². The van der Waals surface area contributed by atoms with Crippen LogP contribution in [0.4, 0.5) is 11.8 Å². The van der Waals surface area contributed by atoms with Gasteiger partial charge >= 0.3 is 0 Å². The number of aryl methyl sites for hydroxylation is 1. The number of hydrogen-bond donors (Lipinski definition) is 3. The fraction of sp³-hybridized carbons (Fsp3) is 0.667. The van der Waals surface area contributed by atoms with Gasteiger partial charge in [-0.3, -0.25) is 0 Å². The molecule has 1 aliphatic rings. The fourth-order valence-corrected chi connectivity index (χ4v) is 1.87. The van der Waals surface area contributed by atoms with E-state index in [1.165, 1.54) is 0 Å². The summed E-state index contributed by atoms with van der Waals surface area (Å²) in [5.41, 5.74) is 0.463. The van der Waals surface area contributed by atoms with Crippen LogP contribution < -0.4 is 10.6 Å². The van der Waals surface area contributed by atoms with Crippen LogP contribution in [0.5, 0.6) is 0 Å². The normalized spacial score (nSPS) is 17.4. The van der Waals surface area contributed by atoms with Gasteiger partial charge in [-0.2, -0.15) is 4.98 Å². The van der Waals surface area contributed by atoms with E-state index in [-0.39, 0.29) is 0 Å². The number of rotatable bonds is 5. The monoisotopic (exact) mass is 236 g/mol. The predicted molar refractivity (Wildman–Crippen MR) is 68.2 cm³/mol. The minimum atomic E-state index is -0.532. The molecule has 0 unspecified atom stereocenters. The topological polar surface area (TPSA) is 70.1 Å². The highest BCUT2D eigenvalue weighted by Crippen LogP contribution is 2.31. The van der Waals surface area contributed by atoms with Crippen molar-refractivity contribution in [1.82, 2.24) is 9.97 Å². The molecule has 5 heteroatoms. The Balaban J connectivity index is 2.00. The molecule has 1 aromatic rings. The molecule has 1 saturated carbocycles. The van der Waals surface area contributed by atoms with Gasteiger partial charge in [-0.15, -0.1) is 0 Å². The van der Waals surface area contributed by atoms with Crippen LogP contribution >= 0.6 is 0 Å². The minimum Gasteiger partial charge on any atom is -0.388 e. The van der Waals surface area contributed by atoms with E-state index in [9.17, 15) is 5.11 Å². The minimum absolute atomic E-state index is 0.532. The Bertz CT molecular complexity index is 390. The Morgan fingerprint density at radius 1 is 1.41 bits per heavy atom. The van der Waals surface area contributed by atoms with Gasteiger partial charge in [0.25, 0.3) is 0 Å². The molecule has 17 heavy (non-hydrogen) atoms. The van der Waals surface area contributed by atoms with Crippen LogP contribution in [0.15, 0.2) is 6.20 Å². The zero-order chi connectivity index (χ0) is 12.3. The summed E-state index contributed by atoms with van der Waals surface area (Å²) in [4.78, 5) is 8.56. The molecule has 0 aliphatic heterocycles. The summed E-state index contributed by atoms with van der Waals surface area (Å²) < 4.78 is 0. The summed E-state index contributed by atoms with van der Waals surface area (Å²) in [6.45, 7) is 5.33. The number of anilines is 2. The fourth-order valence-electron chi connectivity index (χ4n) is 1.87. The molecule has 3 N–H and O–H groups in total. The first-order valence-corrected chi connectivity index (χ1v) is 6.17. The van der Waals surface area contributed by atoms with E-state index in [0.29, 0.717) is 12.5 Å². The molecular formula is C12H20N4O. The van der Waals surface area contributed by atoms with Crippen LogP contribution in [-0.2, 0) is 0 Å². The molecule has 1 aliphatic carbocycles. The van der Waals surface area contributed by atoms with Crippen LogP contribution in [0.2, 0.25) is 0 Å². The van der Waals surface area contributed by atoms with Gasteiger partial charge in [0.1, 0.15) is 5.82 Å². The van der Waals surface area contributed by atoms with Gasteiger partial charge in [0.05, 0.1) is 5.60 Å². The van der Waals surface area contributed by atoms with Crippen molar-refractivity contribution < 1.29 is 5.11 Å². The predicted octanol–water partition coefficient (Wildman–Crippen LogP) is 1.54. The van der Waals surface area contributed by atoms with Gasteiger partial charge < -0.3 is 15.7 Å². The number of hydrogen-bond acceptors (Lipinski definition) is 5. The lowest BCUT2D eigenvalue weighted by atomic mass is 9.80. The average molecular weight is 236 g/mol. The highest BCUT2D eigenvalue weighted by molar-refractivity contribution is 5.46. The maximum Gasteiger partial charge on any atom is 0.224 e. The van der Waals surface area contributed by atoms with Crippen LogP contribution in [0.25, 0.3) is 0 Å². The highest BCUT2D eigenvalue weighted by atomic mass is 16.3. The molecule has 0 bridgehead atoms. The molecule has 1 heterocycles. The average Bonchev–Trinajstić information content (AvgIpc) is 2.28. The Morgan fingerprint density at radius 3 is 2.76 bits per heavy atom. The van der Waals surface area contributed by atoms with E-state index < -0.39 is 5.60 Å². The van der Waals surface area contributed by atoms with Gasteiger partial charge in [0.2, 0.25) is 5.95 Å². The van der Waals surface area contributed by atoms with Crippen molar-refractivity contribution in [2.75, 3.05) is 23.7 Å². The summed E-state index contributed by atoms with van der Waals surface area (Å²) in [6.07, 6.45) is 4.66. The molecule has 2 rings (SSSR count). The molecule has 94 valence electrons. The Kier molecular flexibility index (Phi) is 3.47. The van der Waals surface area contributed by atoms with Crippen LogP contribution in [-0.4, -0.2) is 33.8 Å². The second-order valence-corrected chi connectivity index (χ2v) is 4.69. The summed E-state index contributed by atoms with van der Waals surface area (Å²) in [5, 5.41) is 16.3. The molecule has 0 amide bonds. The smallest absolute Gasteiger partial charge is 0.224 e. The van der Waals surface area contributed by atoms with Crippen molar-refractivity contribution >= 4 is 11.8 Å². The molecule has 0 spiro atoms. The third-order valence-electron chi connectivity index (χ3n) is 3.18. The Morgan fingerprint density at radius 2 is 2.18 bits per heavy atom. The first-order chi connectivity index (χ1) is 8.13. The Labute approximate surface area is 102 Å². The lowest BCUT2D eigenvalue weighted by molar-refractivity contribution is -0.0202. The number of nitrogens with zero attached hydrogens (tertiary/aromatic N) is 2. The van der Waals surface area contributed by atoms with Gasteiger partial charge in [0.15, 0.2) is 0 Å². The zero-order valence-corrected chi connectivity index (χ0v) is 10.5. The third kappa shape index (κ3) is 2.85. The molecule has 1 aromatic heterocycles. The first kappa shape index (κ1) is 12.1. The lowest BCUT2D eigenvalue weighted by Crippen LogP contribution is -2.43. The van der Waals surface area contributed by atoms with Crippen molar-refractivity contribution in [1.29, 1.82) is 0 Å². The standard InChI is InChI=1S/C12H20N4O/c1-3-13-11-14-7-9(2)10(16-11)15-8-12(17)5-4-6-12/h7,17H,3-6,8H2,1-2H3,(H2,13,14,15,16). The first-order valence-electron chi connectivity index (χ1n) is 6.17. The quantitative estimate of drug-likeness (QED) is 0.723. The second-order valence-electron chi connectivity index (χ2n) is 4.69. The van der Waals surface area contributed by atoms with Gasteiger partial charge in [0, 0.05) is 24.8 Å². The summed E-state index contributed by atoms with van der Waals surface area (Å²) in [6, 6.07) is 0. The van der Waals surface area contributed by atoms with E-state index >= 15 is 0 Å². The number of aromatic nitrogens is 2. The van der Waals surface area contributed by atoms with Crippen molar-refractivity contribution in [2.24, 2.45) is 0 Å². The van der Waals surface area contributed by atoms with E-state index in [4.69, 9.17) is 0 Å². The van der Waals surface area contributed by atoms with Gasteiger partial charge in [-0.05, 0) is 33.1 Å². The van der Waals surface area contributed by atoms with Crippen molar-refractivity contribution in [3.63, 3.8) is 0 Å².